The molecule has 6 nitrogen and oxygen atoms in total. The number of hydrogen-bond donors (Lipinski definition) is 2. The van der Waals surface area contributed by atoms with E-state index in [4.69, 9.17) is 9.84 Å². The van der Waals surface area contributed by atoms with Crippen molar-refractivity contribution in [3.8, 4) is 0 Å². The molecular weight excluding hydrogens is 280 g/mol. The number of carboxylic acid groups (broad SMARTS) is 1. The van der Waals surface area contributed by atoms with Gasteiger partial charge in [-0.3, -0.25) is 4.79 Å². The summed E-state index contributed by atoms with van der Waals surface area (Å²) in [5.41, 5.74) is 0.0189. The maximum atomic E-state index is 11.8. The Morgan fingerprint density at radius 3 is 3.05 bits per heavy atom. The summed E-state index contributed by atoms with van der Waals surface area (Å²) in [4.78, 5) is 26.5. The highest BCUT2D eigenvalue weighted by molar-refractivity contribution is 7.09. The number of nitrogens with one attached hydrogen (secondary N) is 1. The molecule has 0 bridgehead atoms. The number of carbonyl (C=O) groups is 2. The maximum Gasteiger partial charge on any atom is 0.355 e. The van der Waals surface area contributed by atoms with E-state index in [1.165, 1.54) is 16.7 Å². The van der Waals surface area contributed by atoms with Gasteiger partial charge in [-0.25, -0.2) is 9.78 Å². The second kappa shape index (κ2) is 6.81. The van der Waals surface area contributed by atoms with Crippen LogP contribution in [0.1, 0.15) is 54.1 Å². The van der Waals surface area contributed by atoms with Crippen LogP contribution in [0.5, 0.6) is 0 Å². The van der Waals surface area contributed by atoms with Crippen LogP contribution in [0.4, 0.5) is 0 Å². The Morgan fingerprint density at radius 2 is 2.45 bits per heavy atom. The van der Waals surface area contributed by atoms with Gasteiger partial charge in [0.2, 0.25) is 5.91 Å². The number of nitrogens with zero attached hydrogens (tertiary/aromatic N) is 1. The van der Waals surface area contributed by atoms with E-state index in [2.05, 4.69) is 10.3 Å². The molecule has 1 saturated heterocycles. The molecule has 0 aliphatic carbocycles. The first kappa shape index (κ1) is 14.9. The van der Waals surface area contributed by atoms with Gasteiger partial charge in [0.1, 0.15) is 5.01 Å². The molecule has 1 aliphatic rings. The van der Waals surface area contributed by atoms with Gasteiger partial charge >= 0.3 is 5.97 Å². The number of thiazole rings is 1. The summed E-state index contributed by atoms with van der Waals surface area (Å²) in [5.74, 6) is -1.11. The minimum Gasteiger partial charge on any atom is -0.476 e. The van der Waals surface area contributed by atoms with E-state index in [9.17, 15) is 9.59 Å². The third kappa shape index (κ3) is 4.01. The largest absolute Gasteiger partial charge is 0.476 e. The van der Waals surface area contributed by atoms with Crippen molar-refractivity contribution in [3.63, 3.8) is 0 Å². The minimum atomic E-state index is -1.05. The quantitative estimate of drug-likeness (QED) is 0.838. The van der Waals surface area contributed by atoms with E-state index >= 15 is 0 Å². The summed E-state index contributed by atoms with van der Waals surface area (Å²) in [6, 6.07) is -0.273. The number of carbonyl (C=O) groups excluding carboxylic acids is 1. The second-order valence-electron chi connectivity index (χ2n) is 4.84. The molecule has 1 aliphatic heterocycles. The van der Waals surface area contributed by atoms with Crippen LogP contribution in [0, 0.1) is 0 Å². The van der Waals surface area contributed by atoms with Crippen molar-refractivity contribution in [3.05, 3.63) is 16.1 Å². The molecule has 2 N–H and O–H groups in total. The standard InChI is InChI=1S/C13H18N2O4S/c1-8(12-15-10(7-20-12)13(17)18)14-11(16)5-4-9-3-2-6-19-9/h7-9H,2-6H2,1H3,(H,14,16)(H,17,18). The van der Waals surface area contributed by atoms with E-state index in [-0.39, 0.29) is 23.7 Å². The van der Waals surface area contributed by atoms with Gasteiger partial charge in [0, 0.05) is 18.4 Å². The van der Waals surface area contributed by atoms with E-state index in [1.807, 2.05) is 0 Å². The van der Waals surface area contributed by atoms with Gasteiger partial charge in [-0.05, 0) is 26.2 Å². The molecule has 0 saturated carbocycles. The molecule has 2 rings (SSSR count). The molecule has 2 atom stereocenters. The number of hydrogen-bond acceptors (Lipinski definition) is 5. The molecule has 1 aromatic heterocycles. The molecule has 0 spiro atoms. The van der Waals surface area contributed by atoms with Crippen molar-refractivity contribution in [2.75, 3.05) is 6.61 Å². The zero-order chi connectivity index (χ0) is 14.5. The number of aromatic nitrogens is 1. The van der Waals surface area contributed by atoms with Crippen molar-refractivity contribution < 1.29 is 19.4 Å². The molecular formula is C13H18N2O4S. The number of ether oxygens (including phenoxy) is 1. The summed E-state index contributed by atoms with van der Waals surface area (Å²) < 4.78 is 5.47. The lowest BCUT2D eigenvalue weighted by atomic mass is 10.1. The predicted octanol–water partition coefficient (Wildman–Crippen LogP) is 1.98. The lowest BCUT2D eigenvalue weighted by Crippen LogP contribution is -2.27. The fourth-order valence-electron chi connectivity index (χ4n) is 2.12. The predicted molar refractivity (Wildman–Crippen MR) is 73.8 cm³/mol. The summed E-state index contributed by atoms with van der Waals surface area (Å²) >= 11 is 1.24. The lowest BCUT2D eigenvalue weighted by Gasteiger charge is -2.13. The van der Waals surface area contributed by atoms with Gasteiger partial charge < -0.3 is 15.2 Å². The Kier molecular flexibility index (Phi) is 5.08. The molecule has 2 heterocycles. The molecule has 110 valence electrons. The number of carboxylic acids is 1. The summed E-state index contributed by atoms with van der Waals surface area (Å²) in [7, 11) is 0. The van der Waals surface area contributed by atoms with Crippen LogP contribution in [-0.4, -0.2) is 34.7 Å². The van der Waals surface area contributed by atoms with Crippen molar-refractivity contribution >= 4 is 23.2 Å². The number of rotatable bonds is 6. The van der Waals surface area contributed by atoms with Crippen molar-refractivity contribution in [1.29, 1.82) is 0 Å². The zero-order valence-corrected chi connectivity index (χ0v) is 12.1. The van der Waals surface area contributed by atoms with Gasteiger partial charge in [0.05, 0.1) is 12.1 Å². The first-order chi connectivity index (χ1) is 9.56. The molecule has 1 fully saturated rings. The third-order valence-corrected chi connectivity index (χ3v) is 4.23. The highest BCUT2D eigenvalue weighted by atomic mass is 32.1. The SMILES string of the molecule is CC(NC(=O)CCC1CCCO1)c1nc(C(=O)O)cs1. The van der Waals surface area contributed by atoms with E-state index < -0.39 is 5.97 Å². The molecule has 7 heteroatoms. The Labute approximate surface area is 121 Å². The maximum absolute atomic E-state index is 11.8. The minimum absolute atomic E-state index is 0.0189. The van der Waals surface area contributed by atoms with Gasteiger partial charge in [-0.1, -0.05) is 0 Å². The van der Waals surface area contributed by atoms with Crippen LogP contribution in [0.3, 0.4) is 0 Å². The van der Waals surface area contributed by atoms with Gasteiger partial charge in [-0.2, -0.15) is 0 Å². The topological polar surface area (TPSA) is 88.5 Å². The Morgan fingerprint density at radius 1 is 1.65 bits per heavy atom. The fourth-order valence-corrected chi connectivity index (χ4v) is 2.92. The van der Waals surface area contributed by atoms with E-state index in [0.717, 1.165) is 25.9 Å². The van der Waals surface area contributed by atoms with E-state index in [0.29, 0.717) is 11.4 Å². The van der Waals surface area contributed by atoms with Crippen molar-refractivity contribution in [2.24, 2.45) is 0 Å². The van der Waals surface area contributed by atoms with Crippen LogP contribution in [0.25, 0.3) is 0 Å². The molecule has 0 radical (unpaired) electrons. The average molecular weight is 298 g/mol. The summed E-state index contributed by atoms with van der Waals surface area (Å²) in [5, 5.41) is 13.7. The van der Waals surface area contributed by atoms with Crippen LogP contribution in [0.15, 0.2) is 5.38 Å². The Hall–Kier alpha value is -1.47. The van der Waals surface area contributed by atoms with Gasteiger partial charge in [0.25, 0.3) is 0 Å². The molecule has 1 aromatic rings. The highest BCUT2D eigenvalue weighted by Crippen LogP contribution is 2.19. The van der Waals surface area contributed by atoms with Crippen LogP contribution >= 0.6 is 11.3 Å². The molecule has 20 heavy (non-hydrogen) atoms. The first-order valence-corrected chi connectivity index (χ1v) is 7.54. The highest BCUT2D eigenvalue weighted by Gasteiger charge is 2.19. The third-order valence-electron chi connectivity index (χ3n) is 3.21. The van der Waals surface area contributed by atoms with Crippen LogP contribution < -0.4 is 5.32 Å². The summed E-state index contributed by atoms with van der Waals surface area (Å²) in [6.07, 6.45) is 3.45. The van der Waals surface area contributed by atoms with Crippen molar-refractivity contribution in [1.82, 2.24) is 10.3 Å². The first-order valence-electron chi connectivity index (χ1n) is 6.66. The lowest BCUT2D eigenvalue weighted by molar-refractivity contribution is -0.122. The number of amides is 1. The smallest absolute Gasteiger partial charge is 0.355 e. The summed E-state index contributed by atoms with van der Waals surface area (Å²) in [6.45, 7) is 2.59. The average Bonchev–Trinajstić information content (AvgIpc) is 3.07. The van der Waals surface area contributed by atoms with Crippen molar-refractivity contribution in [2.45, 2.75) is 44.8 Å². The van der Waals surface area contributed by atoms with Gasteiger partial charge in [0.15, 0.2) is 5.69 Å². The normalized spacial score (nSPS) is 19.8. The zero-order valence-electron chi connectivity index (χ0n) is 11.3. The molecule has 1 amide bonds. The Bertz CT molecular complexity index is 482. The van der Waals surface area contributed by atoms with Gasteiger partial charge in [-0.15, -0.1) is 11.3 Å². The van der Waals surface area contributed by atoms with Crippen LogP contribution in [-0.2, 0) is 9.53 Å². The number of aromatic carboxylic acids is 1. The monoisotopic (exact) mass is 298 g/mol. The Balaban J connectivity index is 1.78. The van der Waals surface area contributed by atoms with E-state index in [1.54, 1.807) is 6.92 Å². The van der Waals surface area contributed by atoms with Crippen LogP contribution in [0.2, 0.25) is 0 Å². The fraction of sp³-hybridized carbons (Fsp3) is 0.615. The molecule has 0 aromatic carbocycles. The molecule has 2 unspecified atom stereocenters. The second-order valence-corrected chi connectivity index (χ2v) is 5.73.